The average Bonchev–Trinajstić information content (AvgIpc) is 2.61. The average molecular weight is 198 g/mol. The molecule has 4 heteroatoms. The van der Waals surface area contributed by atoms with Gasteiger partial charge in [0, 0.05) is 6.54 Å². The van der Waals surface area contributed by atoms with Crippen LogP contribution in [-0.4, -0.2) is 36.2 Å². The van der Waals surface area contributed by atoms with Crippen LogP contribution in [0, 0.1) is 0 Å². The molecule has 0 saturated carbocycles. The van der Waals surface area contributed by atoms with E-state index < -0.39 is 0 Å². The largest absolute Gasteiger partial charge is 0.315 e. The van der Waals surface area contributed by atoms with Crippen molar-refractivity contribution >= 4 is 5.91 Å². The lowest BCUT2D eigenvalue weighted by atomic mass is 10.1. The van der Waals surface area contributed by atoms with Gasteiger partial charge in [0.1, 0.15) is 0 Å². The highest BCUT2D eigenvalue weighted by Crippen LogP contribution is 2.22. The van der Waals surface area contributed by atoms with Gasteiger partial charge in [0.25, 0.3) is 0 Å². The molecule has 2 saturated heterocycles. The first kappa shape index (κ1) is 9.93. The number of nitrogens with zero attached hydrogens (tertiary/aromatic N) is 1. The quantitative estimate of drug-likeness (QED) is 0.709. The Kier molecular flexibility index (Phi) is 3.03. The fourth-order valence-electron chi connectivity index (χ4n) is 2.08. The molecule has 2 aliphatic rings. The van der Waals surface area contributed by atoms with Crippen molar-refractivity contribution in [2.24, 2.45) is 0 Å². The number of hydroxylamine groups is 2. The predicted molar refractivity (Wildman–Crippen MR) is 52.5 cm³/mol. The van der Waals surface area contributed by atoms with Crippen LogP contribution in [0.2, 0.25) is 0 Å². The zero-order chi connectivity index (χ0) is 9.97. The van der Waals surface area contributed by atoms with Crippen molar-refractivity contribution < 1.29 is 9.63 Å². The summed E-state index contributed by atoms with van der Waals surface area (Å²) in [7, 11) is 0. The number of carbonyl (C=O) groups excluding carboxylic acids is 1. The second-order valence-corrected chi connectivity index (χ2v) is 4.06. The van der Waals surface area contributed by atoms with E-state index in [2.05, 4.69) is 12.2 Å². The third-order valence-electron chi connectivity index (χ3n) is 2.97. The van der Waals surface area contributed by atoms with Crippen LogP contribution in [0.15, 0.2) is 0 Å². The number of hydrogen-bond donors (Lipinski definition) is 1. The van der Waals surface area contributed by atoms with Gasteiger partial charge >= 0.3 is 0 Å². The highest BCUT2D eigenvalue weighted by molar-refractivity contribution is 5.77. The summed E-state index contributed by atoms with van der Waals surface area (Å²) < 4.78 is 0. The highest BCUT2D eigenvalue weighted by Gasteiger charge is 2.35. The molecule has 2 atom stereocenters. The van der Waals surface area contributed by atoms with Gasteiger partial charge in [0.05, 0.1) is 18.6 Å². The van der Waals surface area contributed by atoms with E-state index in [0.717, 1.165) is 32.4 Å². The molecular formula is C10H18N2O2. The number of nitrogens with one attached hydrogen (secondary N) is 1. The van der Waals surface area contributed by atoms with Crippen molar-refractivity contribution in [1.82, 2.24) is 10.4 Å². The van der Waals surface area contributed by atoms with Crippen molar-refractivity contribution in [2.45, 2.75) is 44.8 Å². The topological polar surface area (TPSA) is 41.6 Å². The van der Waals surface area contributed by atoms with Gasteiger partial charge < -0.3 is 5.32 Å². The molecule has 2 rings (SSSR count). The van der Waals surface area contributed by atoms with Crippen LogP contribution in [0.1, 0.15) is 32.6 Å². The maximum absolute atomic E-state index is 11.6. The molecule has 0 spiro atoms. The van der Waals surface area contributed by atoms with Gasteiger partial charge in [-0.05, 0) is 25.8 Å². The molecule has 80 valence electrons. The first-order valence-electron chi connectivity index (χ1n) is 5.50. The third kappa shape index (κ3) is 1.91. The normalized spacial score (nSPS) is 33.8. The Morgan fingerprint density at radius 3 is 3.07 bits per heavy atom. The van der Waals surface area contributed by atoms with E-state index in [1.54, 1.807) is 5.06 Å². The van der Waals surface area contributed by atoms with E-state index >= 15 is 0 Å². The van der Waals surface area contributed by atoms with Crippen LogP contribution in [0.4, 0.5) is 0 Å². The highest BCUT2D eigenvalue weighted by atomic mass is 16.7. The van der Waals surface area contributed by atoms with Crippen LogP contribution in [0.25, 0.3) is 0 Å². The molecule has 2 unspecified atom stereocenters. The van der Waals surface area contributed by atoms with E-state index in [4.69, 9.17) is 4.84 Å². The van der Waals surface area contributed by atoms with Gasteiger partial charge in [0.2, 0.25) is 5.91 Å². The Labute approximate surface area is 84.6 Å². The first-order valence-corrected chi connectivity index (χ1v) is 5.50. The third-order valence-corrected chi connectivity index (χ3v) is 2.97. The summed E-state index contributed by atoms with van der Waals surface area (Å²) in [6.45, 7) is 4.00. The van der Waals surface area contributed by atoms with Gasteiger partial charge in [-0.3, -0.25) is 9.63 Å². The predicted octanol–water partition coefficient (Wildman–Crippen LogP) is 0.681. The van der Waals surface area contributed by atoms with E-state index in [1.165, 1.54) is 0 Å². The minimum Gasteiger partial charge on any atom is -0.315 e. The van der Waals surface area contributed by atoms with E-state index in [-0.39, 0.29) is 18.1 Å². The monoisotopic (exact) mass is 198 g/mol. The van der Waals surface area contributed by atoms with Crippen molar-refractivity contribution in [3.63, 3.8) is 0 Å². The summed E-state index contributed by atoms with van der Waals surface area (Å²) in [4.78, 5) is 17.2. The summed E-state index contributed by atoms with van der Waals surface area (Å²) in [6.07, 6.45) is 3.79. The summed E-state index contributed by atoms with van der Waals surface area (Å²) in [5.41, 5.74) is 0. The van der Waals surface area contributed by atoms with E-state index in [0.29, 0.717) is 6.42 Å². The lowest BCUT2D eigenvalue weighted by molar-refractivity contribution is -0.189. The smallest absolute Gasteiger partial charge is 0.249 e. The minimum atomic E-state index is 0.115. The van der Waals surface area contributed by atoms with Gasteiger partial charge in [-0.25, -0.2) is 5.06 Å². The fraction of sp³-hybridized carbons (Fsp3) is 0.900. The molecule has 14 heavy (non-hydrogen) atoms. The van der Waals surface area contributed by atoms with Gasteiger partial charge in [-0.1, -0.05) is 6.92 Å². The standard InChI is InChI=1S/C10H18N2O2/c1-2-9-6-10(13)12(14-9)8-4-3-5-11-7-8/h8-9,11H,2-7H2,1H3. The Bertz CT molecular complexity index is 214. The Balaban J connectivity index is 1.93. The number of rotatable bonds is 2. The van der Waals surface area contributed by atoms with Crippen LogP contribution in [0.3, 0.4) is 0 Å². The first-order chi connectivity index (χ1) is 6.81. The Morgan fingerprint density at radius 1 is 1.64 bits per heavy atom. The van der Waals surface area contributed by atoms with Crippen molar-refractivity contribution in [3.8, 4) is 0 Å². The number of amides is 1. The molecular weight excluding hydrogens is 180 g/mol. The molecule has 0 aromatic rings. The van der Waals surface area contributed by atoms with Crippen molar-refractivity contribution in [3.05, 3.63) is 0 Å². The van der Waals surface area contributed by atoms with Crippen LogP contribution < -0.4 is 5.32 Å². The number of hydrogen-bond acceptors (Lipinski definition) is 3. The molecule has 0 aliphatic carbocycles. The zero-order valence-electron chi connectivity index (χ0n) is 8.66. The molecule has 1 amide bonds. The SMILES string of the molecule is CCC1CC(=O)N(C2CCCNC2)O1. The van der Waals surface area contributed by atoms with Gasteiger partial charge in [-0.15, -0.1) is 0 Å². The molecule has 0 aromatic carbocycles. The van der Waals surface area contributed by atoms with Crippen molar-refractivity contribution in [1.29, 1.82) is 0 Å². The van der Waals surface area contributed by atoms with E-state index in [1.807, 2.05) is 0 Å². The molecule has 2 aliphatic heterocycles. The fourth-order valence-corrected chi connectivity index (χ4v) is 2.08. The lowest BCUT2D eigenvalue weighted by Crippen LogP contribution is -2.46. The second kappa shape index (κ2) is 4.28. The second-order valence-electron chi connectivity index (χ2n) is 4.06. The van der Waals surface area contributed by atoms with Gasteiger partial charge in [0.15, 0.2) is 0 Å². The summed E-state index contributed by atoms with van der Waals surface area (Å²) >= 11 is 0. The summed E-state index contributed by atoms with van der Waals surface area (Å²) in [5, 5.41) is 4.90. The lowest BCUT2D eigenvalue weighted by Gasteiger charge is -2.30. The summed E-state index contributed by atoms with van der Waals surface area (Å²) in [5.74, 6) is 0.158. The molecule has 0 aromatic heterocycles. The minimum absolute atomic E-state index is 0.115. The molecule has 4 nitrogen and oxygen atoms in total. The maximum atomic E-state index is 11.6. The van der Waals surface area contributed by atoms with Crippen LogP contribution >= 0.6 is 0 Å². The molecule has 0 radical (unpaired) electrons. The Morgan fingerprint density at radius 2 is 2.50 bits per heavy atom. The zero-order valence-corrected chi connectivity index (χ0v) is 8.66. The molecule has 2 heterocycles. The van der Waals surface area contributed by atoms with Crippen LogP contribution in [-0.2, 0) is 9.63 Å². The Hall–Kier alpha value is -0.610. The van der Waals surface area contributed by atoms with Crippen molar-refractivity contribution in [2.75, 3.05) is 13.1 Å². The molecule has 1 N–H and O–H groups in total. The molecule has 0 bridgehead atoms. The number of carbonyl (C=O) groups is 1. The van der Waals surface area contributed by atoms with Gasteiger partial charge in [-0.2, -0.15) is 0 Å². The van der Waals surface area contributed by atoms with Crippen LogP contribution in [0.5, 0.6) is 0 Å². The molecule has 2 fully saturated rings. The summed E-state index contributed by atoms with van der Waals surface area (Å²) in [6, 6.07) is 0.257. The van der Waals surface area contributed by atoms with E-state index in [9.17, 15) is 4.79 Å². The number of piperidine rings is 1. The maximum Gasteiger partial charge on any atom is 0.249 e.